The molecule has 12 heteroatoms. The Morgan fingerprint density at radius 1 is 1.00 bits per heavy atom. The monoisotopic (exact) mass is 592 g/mol. The van der Waals surface area contributed by atoms with E-state index in [-0.39, 0.29) is 25.0 Å². The number of rotatable bonds is 10. The number of fused-ring (bicyclic) bond motifs is 2. The van der Waals surface area contributed by atoms with Crippen LogP contribution < -0.4 is 45.6 Å². The lowest BCUT2D eigenvalue weighted by Crippen LogP contribution is -2.41. The fourth-order valence-corrected chi connectivity index (χ4v) is 4.93. The van der Waals surface area contributed by atoms with Crippen LogP contribution in [0.2, 0.25) is 0 Å². The van der Waals surface area contributed by atoms with Crippen molar-refractivity contribution in [2.24, 2.45) is 17.5 Å². The Morgan fingerprint density at radius 2 is 1.67 bits per heavy atom. The summed E-state index contributed by atoms with van der Waals surface area (Å²) >= 11 is 0. The van der Waals surface area contributed by atoms with Gasteiger partial charge in [0.25, 0.3) is 12.4 Å². The number of nitrogens with two attached hydrogens (primary N) is 2. The normalized spacial score (nSPS) is 16.5. The summed E-state index contributed by atoms with van der Waals surface area (Å²) in [5.74, 6) is 8.71. The molecule has 0 fully saturated rings. The van der Waals surface area contributed by atoms with E-state index < -0.39 is 11.9 Å². The second-order valence-corrected chi connectivity index (χ2v) is 9.61. The molecule has 0 saturated heterocycles. The Balaban J connectivity index is 0.000000296. The predicted octanol–water partition coefficient (Wildman–Crippen LogP) is 3.20. The minimum Gasteiger partial charge on any atom is -0.493 e. The molecule has 1 amide bonds. The lowest BCUT2D eigenvalue weighted by molar-refractivity contribution is -0.130. The number of ether oxygens (including phenoxy) is 6. The number of carbonyl (C=O) groups excluding carboxylic acids is 2. The van der Waals surface area contributed by atoms with Crippen LogP contribution in [0.15, 0.2) is 72.6 Å². The van der Waals surface area contributed by atoms with Gasteiger partial charge in [0.05, 0.1) is 39.7 Å². The Labute approximate surface area is 250 Å². The minimum absolute atomic E-state index is 0.0470. The maximum absolute atomic E-state index is 12.9. The molecule has 2 atom stereocenters. The molecule has 1 heterocycles. The van der Waals surface area contributed by atoms with Crippen LogP contribution >= 0.6 is 0 Å². The number of anilines is 1. The number of amides is 1. The van der Waals surface area contributed by atoms with Gasteiger partial charge in [-0.25, -0.2) is 5.84 Å². The van der Waals surface area contributed by atoms with Gasteiger partial charge in [0, 0.05) is 12.1 Å². The van der Waals surface area contributed by atoms with Crippen LogP contribution in [0.5, 0.6) is 28.7 Å². The SMILES string of the molecule is COc1cccc(OC)c1OC.N/C(=C\N(N)c1ccccc1)C(=O)NC1c2cc3c(cc2CCC1COC=O)OCO3. The van der Waals surface area contributed by atoms with Gasteiger partial charge in [-0.05, 0) is 60.4 Å². The van der Waals surface area contributed by atoms with E-state index in [0.29, 0.717) is 40.9 Å². The van der Waals surface area contributed by atoms with Gasteiger partial charge in [0.2, 0.25) is 12.5 Å². The molecule has 1 aliphatic heterocycles. The second-order valence-electron chi connectivity index (χ2n) is 9.61. The summed E-state index contributed by atoms with van der Waals surface area (Å²) in [7, 11) is 4.77. The number of aryl methyl sites for hydroxylation is 1. The number of nitrogens with zero attached hydrogens (tertiary/aromatic N) is 1. The Kier molecular flexibility index (Phi) is 10.5. The summed E-state index contributed by atoms with van der Waals surface area (Å²) in [6, 6.07) is 18.0. The van der Waals surface area contributed by atoms with Crippen molar-refractivity contribution >= 4 is 18.1 Å². The average Bonchev–Trinajstić information content (AvgIpc) is 3.51. The Morgan fingerprint density at radius 3 is 2.30 bits per heavy atom. The fraction of sp³-hybridized carbons (Fsp3) is 0.290. The highest BCUT2D eigenvalue weighted by Crippen LogP contribution is 2.42. The van der Waals surface area contributed by atoms with Crippen LogP contribution in [0.1, 0.15) is 23.6 Å². The first-order valence-corrected chi connectivity index (χ1v) is 13.5. The van der Waals surface area contributed by atoms with Crippen molar-refractivity contribution in [2.45, 2.75) is 18.9 Å². The fourth-order valence-electron chi connectivity index (χ4n) is 4.93. The summed E-state index contributed by atoms with van der Waals surface area (Å²) in [6.07, 6.45) is 2.86. The molecule has 43 heavy (non-hydrogen) atoms. The van der Waals surface area contributed by atoms with Crippen molar-refractivity contribution in [3.8, 4) is 28.7 Å². The standard InChI is InChI=1S/C22H24N4O5.C9H12O3/c23-18(10-26(24)16-4-2-1-3-5-16)22(28)25-21-15(11-29-12-27)7-6-14-8-19-20(9-17(14)21)31-13-30-19;1-10-7-5-4-6-8(11-2)9(7)12-3/h1-5,8-10,12,15,21H,6-7,11,13,23-24H2,(H,25,28);4-6H,1-3H3/b18-10-;. The number of nitrogens with one attached hydrogen (secondary N) is 1. The molecule has 0 aromatic heterocycles. The van der Waals surface area contributed by atoms with E-state index in [0.717, 1.165) is 24.0 Å². The zero-order chi connectivity index (χ0) is 30.8. The van der Waals surface area contributed by atoms with E-state index in [1.165, 1.54) is 11.2 Å². The van der Waals surface area contributed by atoms with Gasteiger partial charge < -0.3 is 39.5 Å². The number of para-hydroxylation sites is 2. The van der Waals surface area contributed by atoms with Crippen LogP contribution in [-0.2, 0) is 20.7 Å². The molecule has 2 aliphatic rings. The highest BCUT2D eigenvalue weighted by molar-refractivity contribution is 5.93. The molecule has 0 bridgehead atoms. The van der Waals surface area contributed by atoms with E-state index >= 15 is 0 Å². The van der Waals surface area contributed by atoms with Crippen molar-refractivity contribution in [1.82, 2.24) is 5.32 Å². The molecule has 0 radical (unpaired) electrons. The maximum atomic E-state index is 12.9. The second kappa shape index (κ2) is 14.7. The molecule has 3 aromatic rings. The summed E-state index contributed by atoms with van der Waals surface area (Å²) in [5, 5.41) is 4.26. The summed E-state index contributed by atoms with van der Waals surface area (Å²) in [6.45, 7) is 0.752. The summed E-state index contributed by atoms with van der Waals surface area (Å²) in [4.78, 5) is 23.6. The van der Waals surface area contributed by atoms with E-state index in [1.54, 1.807) is 33.5 Å². The van der Waals surface area contributed by atoms with Crippen LogP contribution in [0.3, 0.4) is 0 Å². The predicted molar refractivity (Wildman–Crippen MR) is 159 cm³/mol. The van der Waals surface area contributed by atoms with Crippen molar-refractivity contribution in [2.75, 3.05) is 39.7 Å². The van der Waals surface area contributed by atoms with E-state index in [1.807, 2.05) is 48.5 Å². The topological polar surface area (TPSA) is 157 Å². The van der Waals surface area contributed by atoms with Gasteiger partial charge >= 0.3 is 0 Å². The zero-order valence-corrected chi connectivity index (χ0v) is 24.3. The third-order valence-electron chi connectivity index (χ3n) is 7.07. The summed E-state index contributed by atoms with van der Waals surface area (Å²) < 4.78 is 31.2. The molecular weight excluding hydrogens is 556 g/mol. The molecular formula is C31H36N4O8. The van der Waals surface area contributed by atoms with E-state index in [4.69, 9.17) is 40.0 Å². The molecule has 2 unspecified atom stereocenters. The van der Waals surface area contributed by atoms with Gasteiger partial charge in [-0.3, -0.25) is 14.6 Å². The Hall–Kier alpha value is -5.10. The lowest BCUT2D eigenvalue weighted by atomic mass is 9.79. The Bertz CT molecular complexity index is 1410. The van der Waals surface area contributed by atoms with Crippen LogP contribution in [-0.4, -0.2) is 47.1 Å². The van der Waals surface area contributed by atoms with E-state index in [2.05, 4.69) is 5.32 Å². The maximum Gasteiger partial charge on any atom is 0.293 e. The average molecular weight is 593 g/mol. The van der Waals surface area contributed by atoms with Crippen molar-refractivity contribution in [1.29, 1.82) is 0 Å². The molecule has 3 aromatic carbocycles. The van der Waals surface area contributed by atoms with Gasteiger partial charge in [-0.2, -0.15) is 0 Å². The number of hydrogen-bond donors (Lipinski definition) is 3. The smallest absolute Gasteiger partial charge is 0.293 e. The summed E-state index contributed by atoms with van der Waals surface area (Å²) in [5.41, 5.74) is 8.60. The largest absolute Gasteiger partial charge is 0.493 e. The molecule has 5 N–H and O–H groups in total. The first-order valence-electron chi connectivity index (χ1n) is 13.5. The van der Waals surface area contributed by atoms with Crippen LogP contribution in [0.25, 0.3) is 0 Å². The van der Waals surface area contributed by atoms with E-state index in [9.17, 15) is 9.59 Å². The first-order chi connectivity index (χ1) is 20.9. The molecule has 12 nitrogen and oxygen atoms in total. The van der Waals surface area contributed by atoms with Crippen LogP contribution in [0.4, 0.5) is 5.69 Å². The minimum atomic E-state index is -0.474. The van der Waals surface area contributed by atoms with Gasteiger partial charge in [0.15, 0.2) is 23.0 Å². The van der Waals surface area contributed by atoms with Gasteiger partial charge in [0.1, 0.15) is 5.70 Å². The van der Waals surface area contributed by atoms with Gasteiger partial charge in [-0.1, -0.05) is 24.3 Å². The molecule has 0 saturated carbocycles. The number of benzene rings is 3. The molecule has 5 rings (SSSR count). The van der Waals surface area contributed by atoms with Crippen molar-refractivity contribution in [3.05, 3.63) is 83.7 Å². The third-order valence-corrected chi connectivity index (χ3v) is 7.07. The van der Waals surface area contributed by atoms with Crippen molar-refractivity contribution < 1.29 is 38.0 Å². The number of hydrazine groups is 1. The zero-order valence-electron chi connectivity index (χ0n) is 24.3. The molecule has 228 valence electrons. The lowest BCUT2D eigenvalue weighted by Gasteiger charge is -2.34. The number of carbonyl (C=O) groups is 2. The highest BCUT2D eigenvalue weighted by atomic mass is 16.7. The van der Waals surface area contributed by atoms with Crippen molar-refractivity contribution in [3.63, 3.8) is 0 Å². The first kappa shape index (κ1) is 30.8. The number of hydrogen-bond acceptors (Lipinski definition) is 11. The third kappa shape index (κ3) is 7.41. The molecule has 1 aliphatic carbocycles. The molecule has 0 spiro atoms. The van der Waals surface area contributed by atoms with Crippen LogP contribution in [0, 0.1) is 5.92 Å². The van der Waals surface area contributed by atoms with Gasteiger partial charge in [-0.15, -0.1) is 0 Å². The quantitative estimate of drug-likeness (QED) is 0.137. The number of methoxy groups -OCH3 is 3. The highest BCUT2D eigenvalue weighted by Gasteiger charge is 2.34.